The second-order valence-corrected chi connectivity index (χ2v) is 8.62. The van der Waals surface area contributed by atoms with Gasteiger partial charge >= 0.3 is 5.97 Å². The number of carbonyl (C=O) groups excluding carboxylic acids is 1. The van der Waals surface area contributed by atoms with Crippen molar-refractivity contribution in [3.63, 3.8) is 0 Å². The Kier molecular flexibility index (Phi) is 6.26. The lowest BCUT2D eigenvalue weighted by Crippen LogP contribution is -2.32. The number of benzene rings is 3. The van der Waals surface area contributed by atoms with E-state index < -0.39 is 38.2 Å². The van der Waals surface area contributed by atoms with Gasteiger partial charge in [-0.1, -0.05) is 54.6 Å². The predicted octanol–water partition coefficient (Wildman–Crippen LogP) is 3.51. The van der Waals surface area contributed by atoms with Crippen LogP contribution in [0.3, 0.4) is 0 Å². The van der Waals surface area contributed by atoms with Crippen LogP contribution in [0.25, 0.3) is 11.1 Å². The number of sulfone groups is 1. The standard InChI is InChI=1S/C22H17NO7S/c24-21(25)20(13-15-9-11-18(12-10-15)23(27)28)22(26)31(29,30)19-8-4-7-17(14-19)16-5-2-1-3-6-16/h1-12,14,20H,13H2,(H,24,25). The van der Waals surface area contributed by atoms with Crippen LogP contribution < -0.4 is 0 Å². The highest BCUT2D eigenvalue weighted by Crippen LogP contribution is 2.25. The van der Waals surface area contributed by atoms with E-state index in [2.05, 4.69) is 0 Å². The van der Waals surface area contributed by atoms with Gasteiger partial charge in [0.2, 0.25) is 9.84 Å². The average molecular weight is 439 g/mol. The molecule has 0 spiro atoms. The van der Waals surface area contributed by atoms with Crippen LogP contribution in [0.15, 0.2) is 83.8 Å². The summed E-state index contributed by atoms with van der Waals surface area (Å²) in [6.07, 6.45) is -0.413. The highest BCUT2D eigenvalue weighted by Gasteiger charge is 2.37. The third-order valence-corrected chi connectivity index (χ3v) is 6.37. The average Bonchev–Trinajstić information content (AvgIpc) is 2.77. The largest absolute Gasteiger partial charge is 0.481 e. The second kappa shape index (κ2) is 8.88. The lowest BCUT2D eigenvalue weighted by atomic mass is 10.0. The van der Waals surface area contributed by atoms with E-state index in [1.54, 1.807) is 30.3 Å². The van der Waals surface area contributed by atoms with Crippen molar-refractivity contribution < 1.29 is 28.0 Å². The Morgan fingerprint density at radius 2 is 1.52 bits per heavy atom. The molecule has 0 aliphatic heterocycles. The summed E-state index contributed by atoms with van der Waals surface area (Å²) in [6.45, 7) is 0. The molecule has 9 heteroatoms. The summed E-state index contributed by atoms with van der Waals surface area (Å²) in [5.41, 5.74) is 1.40. The van der Waals surface area contributed by atoms with Gasteiger partial charge in [-0.3, -0.25) is 19.7 Å². The smallest absolute Gasteiger partial charge is 0.315 e. The number of carboxylic acids is 1. The van der Waals surface area contributed by atoms with E-state index in [1.165, 1.54) is 30.3 Å². The molecule has 0 aliphatic rings. The van der Waals surface area contributed by atoms with Gasteiger partial charge < -0.3 is 5.11 Å². The molecule has 31 heavy (non-hydrogen) atoms. The van der Waals surface area contributed by atoms with Gasteiger partial charge in [0.15, 0.2) is 0 Å². The maximum Gasteiger partial charge on any atom is 0.315 e. The van der Waals surface area contributed by atoms with E-state index in [0.29, 0.717) is 11.1 Å². The molecule has 0 radical (unpaired) electrons. The van der Waals surface area contributed by atoms with Crippen molar-refractivity contribution in [1.82, 2.24) is 0 Å². The molecule has 0 fully saturated rings. The third kappa shape index (κ3) is 4.84. The number of hydrogen-bond acceptors (Lipinski definition) is 6. The van der Waals surface area contributed by atoms with Gasteiger partial charge in [-0.15, -0.1) is 0 Å². The predicted molar refractivity (Wildman–Crippen MR) is 112 cm³/mol. The molecular weight excluding hydrogens is 422 g/mol. The van der Waals surface area contributed by atoms with Crippen molar-refractivity contribution >= 4 is 26.6 Å². The highest BCUT2D eigenvalue weighted by atomic mass is 32.2. The van der Waals surface area contributed by atoms with Gasteiger partial charge in [-0.05, 0) is 35.2 Å². The van der Waals surface area contributed by atoms with Crippen LogP contribution in [0.4, 0.5) is 5.69 Å². The number of non-ortho nitro benzene ring substituents is 1. The van der Waals surface area contributed by atoms with Crippen molar-refractivity contribution in [2.75, 3.05) is 0 Å². The van der Waals surface area contributed by atoms with Gasteiger partial charge in [0.05, 0.1) is 9.82 Å². The number of aliphatic carboxylic acids is 1. The molecule has 158 valence electrons. The maximum absolute atomic E-state index is 12.9. The first-order chi connectivity index (χ1) is 14.7. The van der Waals surface area contributed by atoms with Gasteiger partial charge in [0.1, 0.15) is 5.92 Å². The fourth-order valence-electron chi connectivity index (χ4n) is 3.04. The summed E-state index contributed by atoms with van der Waals surface area (Å²) in [4.78, 5) is 34.3. The number of carbonyl (C=O) groups is 2. The molecule has 0 bridgehead atoms. The lowest BCUT2D eigenvalue weighted by Gasteiger charge is -2.13. The molecule has 3 aromatic carbocycles. The van der Waals surface area contributed by atoms with Crippen LogP contribution in [0, 0.1) is 16.0 Å². The normalized spacial score (nSPS) is 12.1. The zero-order chi connectivity index (χ0) is 22.6. The van der Waals surface area contributed by atoms with E-state index in [-0.39, 0.29) is 10.6 Å². The number of nitro groups is 1. The van der Waals surface area contributed by atoms with Gasteiger partial charge in [0.25, 0.3) is 10.8 Å². The molecule has 0 saturated carbocycles. The Bertz CT molecular complexity index is 1240. The number of rotatable bonds is 7. The van der Waals surface area contributed by atoms with E-state index in [0.717, 1.165) is 17.7 Å². The van der Waals surface area contributed by atoms with Crippen molar-refractivity contribution in [2.45, 2.75) is 11.3 Å². The Morgan fingerprint density at radius 1 is 0.903 bits per heavy atom. The van der Waals surface area contributed by atoms with Gasteiger partial charge in [0, 0.05) is 12.1 Å². The summed E-state index contributed by atoms with van der Waals surface area (Å²) in [6, 6.07) is 19.6. The summed E-state index contributed by atoms with van der Waals surface area (Å²) >= 11 is 0. The summed E-state index contributed by atoms with van der Waals surface area (Å²) in [5.74, 6) is -3.45. The molecule has 1 atom stereocenters. The Labute approximate surface area is 177 Å². The van der Waals surface area contributed by atoms with Crippen molar-refractivity contribution in [3.8, 4) is 11.1 Å². The zero-order valence-corrected chi connectivity index (χ0v) is 16.9. The fourth-order valence-corrected chi connectivity index (χ4v) is 4.37. The van der Waals surface area contributed by atoms with E-state index in [4.69, 9.17) is 0 Å². The Balaban J connectivity index is 1.91. The second-order valence-electron chi connectivity index (χ2n) is 6.73. The number of hydrogen-bond donors (Lipinski definition) is 1. The molecule has 0 aromatic heterocycles. The first-order valence-corrected chi connectivity index (χ1v) is 10.6. The minimum atomic E-state index is -4.58. The minimum Gasteiger partial charge on any atom is -0.481 e. The molecule has 0 heterocycles. The molecule has 0 amide bonds. The third-order valence-electron chi connectivity index (χ3n) is 4.69. The maximum atomic E-state index is 12.9. The SMILES string of the molecule is O=C(O)C(Cc1ccc([N+](=O)[O-])cc1)C(=O)S(=O)(=O)c1cccc(-c2ccccc2)c1. The molecule has 8 nitrogen and oxygen atoms in total. The lowest BCUT2D eigenvalue weighted by molar-refractivity contribution is -0.384. The first-order valence-electron chi connectivity index (χ1n) is 9.10. The van der Waals surface area contributed by atoms with Crippen LogP contribution in [0.1, 0.15) is 5.56 Å². The quantitative estimate of drug-likeness (QED) is 0.338. The summed E-state index contributed by atoms with van der Waals surface area (Å²) < 4.78 is 25.8. The van der Waals surface area contributed by atoms with Crippen molar-refractivity contribution in [2.24, 2.45) is 5.92 Å². The number of nitro benzene ring substituents is 1. The van der Waals surface area contributed by atoms with Gasteiger partial charge in [-0.25, -0.2) is 8.42 Å². The van der Waals surface area contributed by atoms with Crippen LogP contribution in [-0.4, -0.2) is 29.5 Å². The fraction of sp³-hybridized carbons (Fsp3) is 0.0909. The van der Waals surface area contributed by atoms with Crippen LogP contribution in [0.2, 0.25) is 0 Å². The molecule has 1 N–H and O–H groups in total. The monoisotopic (exact) mass is 439 g/mol. The van der Waals surface area contributed by atoms with Crippen LogP contribution in [0.5, 0.6) is 0 Å². The van der Waals surface area contributed by atoms with Crippen molar-refractivity contribution in [1.29, 1.82) is 0 Å². The molecule has 3 rings (SSSR count). The summed E-state index contributed by atoms with van der Waals surface area (Å²) in [5, 5.41) is 18.8. The van der Waals surface area contributed by atoms with Crippen LogP contribution >= 0.6 is 0 Å². The van der Waals surface area contributed by atoms with Gasteiger partial charge in [-0.2, -0.15) is 0 Å². The minimum absolute atomic E-state index is 0.202. The number of carboxylic acid groups (broad SMARTS) is 1. The van der Waals surface area contributed by atoms with E-state index in [1.807, 2.05) is 6.07 Å². The van der Waals surface area contributed by atoms with Crippen molar-refractivity contribution in [3.05, 3.63) is 94.5 Å². The van der Waals surface area contributed by atoms with Crippen LogP contribution in [-0.2, 0) is 25.8 Å². The highest BCUT2D eigenvalue weighted by molar-refractivity contribution is 8.06. The van der Waals surface area contributed by atoms with E-state index >= 15 is 0 Å². The molecule has 0 aliphatic carbocycles. The molecule has 0 saturated heterocycles. The first kappa shape index (κ1) is 21.8. The molecular formula is C22H17NO7S. The molecule has 3 aromatic rings. The van der Waals surface area contributed by atoms with E-state index in [9.17, 15) is 33.2 Å². The summed E-state index contributed by atoms with van der Waals surface area (Å²) in [7, 11) is -4.58. The number of nitrogens with zero attached hydrogens (tertiary/aromatic N) is 1. The Hall–Kier alpha value is -3.85. The topological polar surface area (TPSA) is 132 Å². The Morgan fingerprint density at radius 3 is 2.10 bits per heavy atom. The molecule has 1 unspecified atom stereocenters. The zero-order valence-electron chi connectivity index (χ0n) is 16.0.